The van der Waals surface area contributed by atoms with Gasteiger partial charge in [0.1, 0.15) is 0 Å². The molecule has 1 aromatic heterocycles. The summed E-state index contributed by atoms with van der Waals surface area (Å²) in [6, 6.07) is 4.21. The fraction of sp³-hybridized carbons (Fsp3) is 0.647. The molecule has 0 unspecified atom stereocenters. The summed E-state index contributed by atoms with van der Waals surface area (Å²) in [5.74, 6) is 0.125. The number of amides is 1. The van der Waals surface area contributed by atoms with Gasteiger partial charge in [0, 0.05) is 18.3 Å². The first-order valence-corrected chi connectivity index (χ1v) is 8.08. The third-order valence-electron chi connectivity index (χ3n) is 4.33. The highest BCUT2D eigenvalue weighted by Crippen LogP contribution is 2.24. The highest BCUT2D eigenvalue weighted by molar-refractivity contribution is 5.95. The average molecular weight is 289 g/mol. The second kappa shape index (κ2) is 7.55. The first kappa shape index (κ1) is 16.0. The normalized spacial score (nSPS) is 16.0. The van der Waals surface area contributed by atoms with Gasteiger partial charge in [0.25, 0.3) is 5.91 Å². The maximum atomic E-state index is 12.9. The predicted molar refractivity (Wildman–Crippen MR) is 85.3 cm³/mol. The number of carbonyl (C=O) groups excluding carboxylic acids is 1. The van der Waals surface area contributed by atoms with Crippen LogP contribution in [0.3, 0.4) is 0 Å². The van der Waals surface area contributed by atoms with Crippen LogP contribution in [-0.4, -0.2) is 34.9 Å². The van der Waals surface area contributed by atoms with Crippen molar-refractivity contribution in [1.29, 1.82) is 0 Å². The van der Waals surface area contributed by atoms with Crippen molar-refractivity contribution in [1.82, 2.24) is 9.88 Å². The van der Waals surface area contributed by atoms with E-state index in [4.69, 9.17) is 5.73 Å². The molecule has 1 aliphatic rings. The van der Waals surface area contributed by atoms with E-state index in [9.17, 15) is 4.79 Å². The van der Waals surface area contributed by atoms with E-state index in [-0.39, 0.29) is 5.91 Å². The highest BCUT2D eigenvalue weighted by atomic mass is 16.2. The van der Waals surface area contributed by atoms with E-state index in [1.165, 1.54) is 19.3 Å². The zero-order chi connectivity index (χ0) is 15.2. The molecule has 4 heteroatoms. The SMILES string of the molecule is Cc1ccc(C(=O)N(CCCN)C2CCCCC2)c(C)n1. The van der Waals surface area contributed by atoms with Crippen molar-refractivity contribution in [3.05, 3.63) is 29.1 Å². The van der Waals surface area contributed by atoms with Crippen molar-refractivity contribution >= 4 is 5.91 Å². The Bertz CT molecular complexity index is 481. The van der Waals surface area contributed by atoms with E-state index in [1.54, 1.807) is 0 Å². The molecule has 0 spiro atoms. The Morgan fingerprint density at radius 3 is 2.62 bits per heavy atom. The van der Waals surface area contributed by atoms with Crippen LogP contribution in [0.4, 0.5) is 0 Å². The van der Waals surface area contributed by atoms with Gasteiger partial charge < -0.3 is 10.6 Å². The third kappa shape index (κ3) is 4.03. The maximum absolute atomic E-state index is 12.9. The Labute approximate surface area is 127 Å². The number of rotatable bonds is 5. The van der Waals surface area contributed by atoms with E-state index in [1.807, 2.05) is 30.9 Å². The molecular weight excluding hydrogens is 262 g/mol. The van der Waals surface area contributed by atoms with Gasteiger partial charge in [-0.2, -0.15) is 0 Å². The molecule has 21 heavy (non-hydrogen) atoms. The molecule has 0 aromatic carbocycles. The molecule has 1 fully saturated rings. The van der Waals surface area contributed by atoms with E-state index in [0.717, 1.165) is 42.8 Å². The second-order valence-corrected chi connectivity index (χ2v) is 6.02. The molecule has 1 aromatic rings. The van der Waals surface area contributed by atoms with E-state index in [2.05, 4.69) is 4.98 Å². The topological polar surface area (TPSA) is 59.2 Å². The monoisotopic (exact) mass is 289 g/mol. The summed E-state index contributed by atoms with van der Waals surface area (Å²) in [5.41, 5.74) is 8.16. The molecule has 0 saturated heterocycles. The van der Waals surface area contributed by atoms with Crippen LogP contribution in [0.2, 0.25) is 0 Å². The molecule has 1 amide bonds. The Kier molecular flexibility index (Phi) is 5.74. The number of aromatic nitrogens is 1. The van der Waals surface area contributed by atoms with Crippen LogP contribution in [0.15, 0.2) is 12.1 Å². The third-order valence-corrected chi connectivity index (χ3v) is 4.33. The van der Waals surface area contributed by atoms with Crippen LogP contribution >= 0.6 is 0 Å². The molecule has 116 valence electrons. The molecule has 4 nitrogen and oxygen atoms in total. The summed E-state index contributed by atoms with van der Waals surface area (Å²) in [6.45, 7) is 5.26. The van der Waals surface area contributed by atoms with Crippen LogP contribution in [-0.2, 0) is 0 Å². The van der Waals surface area contributed by atoms with E-state index >= 15 is 0 Å². The number of nitrogens with zero attached hydrogens (tertiary/aromatic N) is 2. The fourth-order valence-electron chi connectivity index (χ4n) is 3.17. The van der Waals surface area contributed by atoms with Crippen LogP contribution in [0.25, 0.3) is 0 Å². The molecular formula is C17H27N3O. The molecule has 2 N–H and O–H groups in total. The number of carbonyl (C=O) groups is 1. The largest absolute Gasteiger partial charge is 0.336 e. The Morgan fingerprint density at radius 2 is 2.00 bits per heavy atom. The first-order chi connectivity index (χ1) is 10.1. The summed E-state index contributed by atoms with van der Waals surface area (Å²) < 4.78 is 0. The number of hydrogen-bond donors (Lipinski definition) is 1. The van der Waals surface area contributed by atoms with Gasteiger partial charge in [-0.3, -0.25) is 9.78 Å². The van der Waals surface area contributed by atoms with E-state index in [0.29, 0.717) is 12.6 Å². The maximum Gasteiger partial charge on any atom is 0.255 e. The van der Waals surface area contributed by atoms with Gasteiger partial charge in [-0.1, -0.05) is 19.3 Å². The molecule has 0 aliphatic heterocycles. The predicted octanol–water partition coefficient (Wildman–Crippen LogP) is 2.82. The van der Waals surface area contributed by atoms with Crippen LogP contribution in [0, 0.1) is 13.8 Å². The molecule has 0 atom stereocenters. The van der Waals surface area contributed by atoms with E-state index < -0.39 is 0 Å². The molecule has 2 rings (SSSR count). The Hall–Kier alpha value is -1.42. The number of hydrogen-bond acceptors (Lipinski definition) is 3. The molecule has 1 aliphatic carbocycles. The van der Waals surface area contributed by atoms with Gasteiger partial charge in [0.15, 0.2) is 0 Å². The number of nitrogens with two attached hydrogens (primary N) is 1. The Morgan fingerprint density at radius 1 is 1.29 bits per heavy atom. The highest BCUT2D eigenvalue weighted by Gasteiger charge is 2.26. The minimum absolute atomic E-state index is 0.125. The van der Waals surface area contributed by atoms with Crippen LogP contribution < -0.4 is 5.73 Å². The van der Waals surface area contributed by atoms with Crippen molar-refractivity contribution in [3.8, 4) is 0 Å². The molecule has 1 heterocycles. The van der Waals surface area contributed by atoms with Gasteiger partial charge in [-0.15, -0.1) is 0 Å². The van der Waals surface area contributed by atoms with Crippen molar-refractivity contribution < 1.29 is 4.79 Å². The van der Waals surface area contributed by atoms with Crippen molar-refractivity contribution in [2.24, 2.45) is 5.73 Å². The lowest BCUT2D eigenvalue weighted by Crippen LogP contribution is -2.43. The zero-order valence-electron chi connectivity index (χ0n) is 13.3. The van der Waals surface area contributed by atoms with Crippen molar-refractivity contribution in [2.75, 3.05) is 13.1 Å². The lowest BCUT2D eigenvalue weighted by atomic mass is 9.93. The lowest BCUT2D eigenvalue weighted by Gasteiger charge is -2.34. The first-order valence-electron chi connectivity index (χ1n) is 8.08. The average Bonchev–Trinajstić information content (AvgIpc) is 2.48. The van der Waals surface area contributed by atoms with Crippen LogP contribution in [0.1, 0.15) is 60.3 Å². The molecule has 0 radical (unpaired) electrons. The number of aryl methyl sites for hydroxylation is 2. The minimum Gasteiger partial charge on any atom is -0.336 e. The van der Waals surface area contributed by atoms with Gasteiger partial charge in [-0.25, -0.2) is 0 Å². The van der Waals surface area contributed by atoms with Gasteiger partial charge in [0.05, 0.1) is 11.3 Å². The molecule has 1 saturated carbocycles. The van der Waals surface area contributed by atoms with Gasteiger partial charge >= 0.3 is 0 Å². The fourth-order valence-corrected chi connectivity index (χ4v) is 3.17. The number of pyridine rings is 1. The second-order valence-electron chi connectivity index (χ2n) is 6.02. The Balaban J connectivity index is 2.19. The lowest BCUT2D eigenvalue weighted by molar-refractivity contribution is 0.0631. The summed E-state index contributed by atoms with van der Waals surface area (Å²) in [7, 11) is 0. The van der Waals surface area contributed by atoms with Gasteiger partial charge in [0.2, 0.25) is 0 Å². The van der Waals surface area contributed by atoms with Gasteiger partial charge in [-0.05, 0) is 51.8 Å². The quantitative estimate of drug-likeness (QED) is 0.906. The summed E-state index contributed by atoms with van der Waals surface area (Å²) in [5, 5.41) is 0. The van der Waals surface area contributed by atoms with Crippen molar-refractivity contribution in [3.63, 3.8) is 0 Å². The zero-order valence-corrected chi connectivity index (χ0v) is 13.3. The summed E-state index contributed by atoms with van der Waals surface area (Å²) in [6.07, 6.45) is 6.84. The summed E-state index contributed by atoms with van der Waals surface area (Å²) >= 11 is 0. The van der Waals surface area contributed by atoms with Crippen molar-refractivity contribution in [2.45, 2.75) is 58.4 Å². The smallest absolute Gasteiger partial charge is 0.255 e. The molecule has 0 bridgehead atoms. The summed E-state index contributed by atoms with van der Waals surface area (Å²) in [4.78, 5) is 19.4. The standard InChI is InChI=1S/C17H27N3O/c1-13-9-10-16(14(2)19-13)17(21)20(12-6-11-18)15-7-4-3-5-8-15/h9-10,15H,3-8,11-12,18H2,1-2H3. The van der Waals surface area contributed by atoms with Crippen LogP contribution in [0.5, 0.6) is 0 Å². The minimum atomic E-state index is 0.125.